The number of amides is 1. The highest BCUT2D eigenvalue weighted by Crippen LogP contribution is 2.29. The van der Waals surface area contributed by atoms with Gasteiger partial charge in [0.15, 0.2) is 0 Å². The van der Waals surface area contributed by atoms with Crippen LogP contribution in [0.5, 0.6) is 0 Å². The van der Waals surface area contributed by atoms with Crippen molar-refractivity contribution in [2.75, 3.05) is 19.8 Å². The summed E-state index contributed by atoms with van der Waals surface area (Å²) < 4.78 is 5.41. The summed E-state index contributed by atoms with van der Waals surface area (Å²) in [6.45, 7) is 2.43. The van der Waals surface area contributed by atoms with E-state index in [2.05, 4.69) is 0 Å². The molecule has 2 N–H and O–H groups in total. The molecule has 4 unspecified atom stereocenters. The Balaban J connectivity index is 2.12. The van der Waals surface area contributed by atoms with Gasteiger partial charge in [0.05, 0.1) is 37.2 Å². The summed E-state index contributed by atoms with van der Waals surface area (Å²) in [5.41, 5.74) is 0. The molecule has 1 aliphatic carbocycles. The Morgan fingerprint density at radius 3 is 2.55 bits per heavy atom. The van der Waals surface area contributed by atoms with E-state index in [9.17, 15) is 14.7 Å². The van der Waals surface area contributed by atoms with E-state index >= 15 is 0 Å². The molecule has 0 aromatic rings. The van der Waals surface area contributed by atoms with Gasteiger partial charge in [-0.2, -0.15) is 0 Å². The predicted molar refractivity (Wildman–Crippen MR) is 71.0 cm³/mol. The van der Waals surface area contributed by atoms with E-state index in [4.69, 9.17) is 9.84 Å². The molecule has 0 aromatic carbocycles. The van der Waals surface area contributed by atoms with Crippen LogP contribution in [0.15, 0.2) is 12.2 Å². The lowest BCUT2D eigenvalue weighted by atomic mass is 9.81. The molecule has 112 valence electrons. The maximum Gasteiger partial charge on any atom is 0.307 e. The van der Waals surface area contributed by atoms with Gasteiger partial charge in [0, 0.05) is 6.54 Å². The average Bonchev–Trinajstić information content (AvgIpc) is 2.47. The van der Waals surface area contributed by atoms with Crippen molar-refractivity contribution in [2.45, 2.75) is 31.9 Å². The fraction of sp³-hybridized carbons (Fsp3) is 0.714. The summed E-state index contributed by atoms with van der Waals surface area (Å²) in [5, 5.41) is 18.4. The van der Waals surface area contributed by atoms with Gasteiger partial charge in [0.2, 0.25) is 5.91 Å². The maximum absolute atomic E-state index is 12.6. The summed E-state index contributed by atoms with van der Waals surface area (Å²) in [6.07, 6.45) is 4.17. The number of allylic oxidation sites excluding steroid dienone is 2. The van der Waals surface area contributed by atoms with Crippen LogP contribution in [0.25, 0.3) is 0 Å². The van der Waals surface area contributed by atoms with Gasteiger partial charge >= 0.3 is 5.97 Å². The van der Waals surface area contributed by atoms with Gasteiger partial charge in [-0.1, -0.05) is 12.2 Å². The van der Waals surface area contributed by atoms with Crippen molar-refractivity contribution < 1.29 is 24.5 Å². The Morgan fingerprint density at radius 2 is 1.95 bits per heavy atom. The number of carbonyl (C=O) groups excluding carboxylic acids is 1. The first kappa shape index (κ1) is 15.0. The number of morpholine rings is 1. The van der Waals surface area contributed by atoms with E-state index in [1.807, 2.05) is 19.1 Å². The van der Waals surface area contributed by atoms with Crippen LogP contribution in [-0.4, -0.2) is 58.9 Å². The number of aliphatic hydroxyl groups is 1. The SMILES string of the molecule is CC1COC(CO)CN1C(=O)C1CC=CCC1C(=O)O. The van der Waals surface area contributed by atoms with Crippen molar-refractivity contribution in [3.8, 4) is 0 Å². The Labute approximate surface area is 118 Å². The molecule has 6 nitrogen and oxygen atoms in total. The third-order valence-corrected chi connectivity index (χ3v) is 4.06. The monoisotopic (exact) mass is 283 g/mol. The van der Waals surface area contributed by atoms with Crippen molar-refractivity contribution in [3.63, 3.8) is 0 Å². The van der Waals surface area contributed by atoms with Crippen LogP contribution in [0.2, 0.25) is 0 Å². The lowest BCUT2D eigenvalue weighted by molar-refractivity contribution is -0.158. The second kappa shape index (κ2) is 6.37. The average molecular weight is 283 g/mol. The molecule has 1 heterocycles. The van der Waals surface area contributed by atoms with Gasteiger partial charge in [-0.3, -0.25) is 9.59 Å². The summed E-state index contributed by atoms with van der Waals surface area (Å²) >= 11 is 0. The molecule has 1 amide bonds. The normalized spacial score (nSPS) is 34.0. The van der Waals surface area contributed by atoms with Gasteiger partial charge in [0.25, 0.3) is 0 Å². The number of ether oxygens (including phenoxy) is 1. The van der Waals surface area contributed by atoms with Gasteiger partial charge in [0.1, 0.15) is 0 Å². The van der Waals surface area contributed by atoms with Crippen molar-refractivity contribution in [3.05, 3.63) is 12.2 Å². The number of hydrogen-bond acceptors (Lipinski definition) is 4. The number of hydrogen-bond donors (Lipinski definition) is 2. The summed E-state index contributed by atoms with van der Waals surface area (Å²) in [7, 11) is 0. The minimum atomic E-state index is -0.924. The van der Waals surface area contributed by atoms with Crippen LogP contribution in [0, 0.1) is 11.8 Å². The van der Waals surface area contributed by atoms with Crippen molar-refractivity contribution in [1.29, 1.82) is 0 Å². The van der Waals surface area contributed by atoms with Crippen LogP contribution >= 0.6 is 0 Å². The molecule has 1 saturated heterocycles. The second-order valence-corrected chi connectivity index (χ2v) is 5.47. The van der Waals surface area contributed by atoms with Gasteiger partial charge in [-0.05, 0) is 19.8 Å². The first-order valence-electron chi connectivity index (χ1n) is 6.95. The van der Waals surface area contributed by atoms with Crippen LogP contribution in [0.3, 0.4) is 0 Å². The standard InChI is InChI=1S/C14H21NO5/c1-9-8-20-10(7-16)6-15(9)13(17)11-4-2-3-5-12(11)14(18)19/h2-3,9-12,16H,4-8H2,1H3,(H,18,19). The minimum Gasteiger partial charge on any atom is -0.481 e. The molecule has 2 aliphatic rings. The van der Waals surface area contributed by atoms with Gasteiger partial charge < -0.3 is 19.8 Å². The van der Waals surface area contributed by atoms with Crippen LogP contribution in [0.4, 0.5) is 0 Å². The van der Waals surface area contributed by atoms with Crippen LogP contribution in [0.1, 0.15) is 19.8 Å². The van der Waals surface area contributed by atoms with Crippen LogP contribution in [-0.2, 0) is 14.3 Å². The van der Waals surface area contributed by atoms with Crippen LogP contribution < -0.4 is 0 Å². The van der Waals surface area contributed by atoms with E-state index in [1.165, 1.54) is 0 Å². The fourth-order valence-electron chi connectivity index (χ4n) is 2.81. The Bertz CT molecular complexity index is 408. The molecular formula is C14H21NO5. The highest BCUT2D eigenvalue weighted by Gasteiger charge is 2.39. The second-order valence-electron chi connectivity index (χ2n) is 5.47. The molecule has 1 fully saturated rings. The molecule has 1 aliphatic heterocycles. The molecule has 0 bridgehead atoms. The Morgan fingerprint density at radius 1 is 1.30 bits per heavy atom. The zero-order valence-electron chi connectivity index (χ0n) is 11.6. The predicted octanol–water partition coefficient (Wildman–Crippen LogP) is 0.262. The first-order chi connectivity index (χ1) is 9.54. The molecule has 6 heteroatoms. The highest BCUT2D eigenvalue weighted by molar-refractivity contribution is 5.85. The largest absolute Gasteiger partial charge is 0.481 e. The molecule has 4 atom stereocenters. The maximum atomic E-state index is 12.6. The third-order valence-electron chi connectivity index (χ3n) is 4.06. The van der Waals surface area contributed by atoms with Crippen molar-refractivity contribution >= 4 is 11.9 Å². The summed E-state index contributed by atoms with van der Waals surface area (Å²) in [6, 6.07) is -0.0920. The minimum absolute atomic E-state index is 0.0920. The Hall–Kier alpha value is -1.40. The Kier molecular flexibility index (Phi) is 4.77. The van der Waals surface area contributed by atoms with Gasteiger partial charge in [-0.25, -0.2) is 0 Å². The fourth-order valence-corrected chi connectivity index (χ4v) is 2.81. The topological polar surface area (TPSA) is 87.1 Å². The zero-order chi connectivity index (χ0) is 14.7. The summed E-state index contributed by atoms with van der Waals surface area (Å²) in [5.74, 6) is -2.24. The number of rotatable bonds is 3. The molecule has 0 radical (unpaired) electrons. The molecule has 0 saturated carbocycles. The molecule has 2 rings (SSSR count). The first-order valence-corrected chi connectivity index (χ1v) is 6.95. The number of carbonyl (C=O) groups is 2. The van der Waals surface area contributed by atoms with E-state index in [1.54, 1.807) is 4.90 Å². The number of aliphatic hydroxyl groups excluding tert-OH is 1. The van der Waals surface area contributed by atoms with E-state index < -0.39 is 17.8 Å². The molecule has 20 heavy (non-hydrogen) atoms. The third kappa shape index (κ3) is 3.02. The summed E-state index contributed by atoms with van der Waals surface area (Å²) in [4.78, 5) is 25.6. The lowest BCUT2D eigenvalue weighted by Crippen LogP contribution is -2.55. The van der Waals surface area contributed by atoms with E-state index in [-0.39, 0.29) is 24.7 Å². The van der Waals surface area contributed by atoms with Crippen molar-refractivity contribution in [1.82, 2.24) is 4.90 Å². The quantitative estimate of drug-likeness (QED) is 0.726. The van der Waals surface area contributed by atoms with E-state index in [0.29, 0.717) is 26.0 Å². The number of nitrogens with zero attached hydrogens (tertiary/aromatic N) is 1. The number of carboxylic acid groups (broad SMARTS) is 1. The highest BCUT2D eigenvalue weighted by atomic mass is 16.5. The lowest BCUT2D eigenvalue weighted by Gasteiger charge is -2.40. The van der Waals surface area contributed by atoms with Crippen molar-refractivity contribution in [2.24, 2.45) is 11.8 Å². The van der Waals surface area contributed by atoms with Gasteiger partial charge in [-0.15, -0.1) is 0 Å². The zero-order valence-corrected chi connectivity index (χ0v) is 11.6. The smallest absolute Gasteiger partial charge is 0.307 e. The molecule has 0 spiro atoms. The number of aliphatic carboxylic acids is 1. The molecular weight excluding hydrogens is 262 g/mol. The van der Waals surface area contributed by atoms with E-state index in [0.717, 1.165) is 0 Å². The molecule has 0 aromatic heterocycles. The number of carboxylic acids is 1.